The maximum Gasteiger partial charge on any atom is 0.136 e. The molecule has 2 aliphatic carbocycles. The van der Waals surface area contributed by atoms with Gasteiger partial charge in [0.2, 0.25) is 0 Å². The predicted molar refractivity (Wildman–Crippen MR) is 78.0 cm³/mol. The molecule has 0 radical (unpaired) electrons. The summed E-state index contributed by atoms with van der Waals surface area (Å²) in [5.74, 6) is 4.55. The number of hydrogen-bond donors (Lipinski definition) is 2. The van der Waals surface area contributed by atoms with Crippen molar-refractivity contribution in [1.29, 1.82) is 0 Å². The van der Waals surface area contributed by atoms with Crippen LogP contribution in [0.5, 0.6) is 0 Å². The van der Waals surface area contributed by atoms with Crippen LogP contribution in [0.15, 0.2) is 6.07 Å². The first-order chi connectivity index (χ1) is 9.17. The Kier molecular flexibility index (Phi) is 3.33. The minimum Gasteiger partial charge on any atom is -0.384 e. The van der Waals surface area contributed by atoms with Crippen LogP contribution in [0.4, 0.5) is 11.6 Å². The molecule has 2 aliphatic rings. The Hall–Kier alpha value is -1.32. The molecule has 3 atom stereocenters. The molecule has 3 unspecified atom stereocenters. The molecule has 0 spiro atoms. The number of hydrogen-bond acceptors (Lipinski definition) is 4. The van der Waals surface area contributed by atoms with Gasteiger partial charge in [-0.1, -0.05) is 20.3 Å². The monoisotopic (exact) mass is 260 g/mol. The van der Waals surface area contributed by atoms with Crippen LogP contribution in [-0.4, -0.2) is 16.0 Å². The van der Waals surface area contributed by atoms with Gasteiger partial charge in [-0.15, -0.1) is 0 Å². The van der Waals surface area contributed by atoms with Crippen molar-refractivity contribution in [3.05, 3.63) is 11.9 Å². The minimum atomic E-state index is 0.534. The highest BCUT2D eigenvalue weighted by atomic mass is 15.1. The van der Waals surface area contributed by atoms with Gasteiger partial charge >= 0.3 is 0 Å². The zero-order chi connectivity index (χ0) is 13.4. The maximum atomic E-state index is 5.90. The standard InChI is InChI=1S/C15H24N4/c1-3-10-6-7-12(9(10)2)17-14-8-13(16)18-15(19-14)11-4-5-11/h8-12H,3-7H2,1-2H3,(H3,16,17,18,19). The van der Waals surface area contributed by atoms with E-state index in [1.54, 1.807) is 0 Å². The third-order valence-electron chi connectivity index (χ3n) is 4.79. The molecule has 1 aromatic heterocycles. The Labute approximate surface area is 115 Å². The van der Waals surface area contributed by atoms with Crippen LogP contribution >= 0.6 is 0 Å². The molecule has 1 heterocycles. The van der Waals surface area contributed by atoms with E-state index in [1.165, 1.54) is 32.1 Å². The largest absolute Gasteiger partial charge is 0.384 e. The van der Waals surface area contributed by atoms with E-state index in [-0.39, 0.29) is 0 Å². The highest BCUT2D eigenvalue weighted by molar-refractivity contribution is 5.46. The summed E-state index contributed by atoms with van der Waals surface area (Å²) in [6, 6.07) is 2.41. The van der Waals surface area contributed by atoms with Gasteiger partial charge in [0.25, 0.3) is 0 Å². The van der Waals surface area contributed by atoms with Gasteiger partial charge in [0, 0.05) is 18.0 Å². The highest BCUT2D eigenvalue weighted by Crippen LogP contribution is 2.39. The SMILES string of the molecule is CCC1CCC(Nc2cc(N)nc(C3CC3)n2)C1C. The molecule has 0 saturated heterocycles. The number of nitrogens with one attached hydrogen (secondary N) is 1. The van der Waals surface area contributed by atoms with Crippen LogP contribution in [0.2, 0.25) is 0 Å². The molecule has 0 aromatic carbocycles. The summed E-state index contributed by atoms with van der Waals surface area (Å²) in [5, 5.41) is 3.59. The molecule has 0 bridgehead atoms. The fourth-order valence-corrected chi connectivity index (χ4v) is 3.30. The number of anilines is 2. The smallest absolute Gasteiger partial charge is 0.136 e. The normalized spacial score (nSPS) is 30.5. The van der Waals surface area contributed by atoms with Crippen LogP contribution in [0.1, 0.15) is 57.7 Å². The average Bonchev–Trinajstić information content (AvgIpc) is 3.16. The summed E-state index contributed by atoms with van der Waals surface area (Å²) in [7, 11) is 0. The first-order valence-corrected chi connectivity index (χ1v) is 7.58. The van der Waals surface area contributed by atoms with E-state index < -0.39 is 0 Å². The summed E-state index contributed by atoms with van der Waals surface area (Å²) < 4.78 is 0. The Morgan fingerprint density at radius 1 is 1.26 bits per heavy atom. The fraction of sp³-hybridized carbons (Fsp3) is 0.733. The van der Waals surface area contributed by atoms with E-state index in [0.29, 0.717) is 23.7 Å². The highest BCUT2D eigenvalue weighted by Gasteiger charge is 2.32. The molecule has 19 heavy (non-hydrogen) atoms. The van der Waals surface area contributed by atoms with Crippen molar-refractivity contribution in [2.75, 3.05) is 11.1 Å². The number of nitrogens with two attached hydrogens (primary N) is 1. The van der Waals surface area contributed by atoms with Crippen molar-refractivity contribution in [1.82, 2.24) is 9.97 Å². The fourth-order valence-electron chi connectivity index (χ4n) is 3.30. The van der Waals surface area contributed by atoms with E-state index in [2.05, 4.69) is 29.1 Å². The Morgan fingerprint density at radius 2 is 2.05 bits per heavy atom. The van der Waals surface area contributed by atoms with Crippen LogP contribution in [0.3, 0.4) is 0 Å². The van der Waals surface area contributed by atoms with Gasteiger partial charge in [-0.2, -0.15) is 0 Å². The van der Waals surface area contributed by atoms with Crippen molar-refractivity contribution in [3.8, 4) is 0 Å². The molecule has 4 heteroatoms. The quantitative estimate of drug-likeness (QED) is 0.872. The second-order valence-electron chi connectivity index (χ2n) is 6.17. The number of rotatable bonds is 4. The predicted octanol–water partition coefficient (Wildman–Crippen LogP) is 3.17. The number of aromatic nitrogens is 2. The van der Waals surface area contributed by atoms with Crippen molar-refractivity contribution < 1.29 is 0 Å². The van der Waals surface area contributed by atoms with E-state index in [1.807, 2.05) is 6.07 Å². The summed E-state index contributed by atoms with van der Waals surface area (Å²) >= 11 is 0. The van der Waals surface area contributed by atoms with Gasteiger partial charge in [0.15, 0.2) is 0 Å². The summed E-state index contributed by atoms with van der Waals surface area (Å²) in [6.07, 6.45) is 6.26. The molecule has 3 rings (SSSR count). The van der Waals surface area contributed by atoms with Gasteiger partial charge in [0.1, 0.15) is 17.5 Å². The van der Waals surface area contributed by atoms with E-state index in [9.17, 15) is 0 Å². The first-order valence-electron chi connectivity index (χ1n) is 7.58. The molecule has 2 fully saturated rings. The summed E-state index contributed by atoms with van der Waals surface area (Å²) in [5.41, 5.74) is 5.90. The minimum absolute atomic E-state index is 0.534. The van der Waals surface area contributed by atoms with Gasteiger partial charge in [0.05, 0.1) is 0 Å². The zero-order valence-electron chi connectivity index (χ0n) is 11.9. The molecule has 2 saturated carbocycles. The third kappa shape index (κ3) is 2.67. The maximum absolute atomic E-state index is 5.90. The molecule has 0 aliphatic heterocycles. The van der Waals surface area contributed by atoms with Gasteiger partial charge in [-0.05, 0) is 37.5 Å². The van der Waals surface area contributed by atoms with E-state index >= 15 is 0 Å². The van der Waals surface area contributed by atoms with Gasteiger partial charge < -0.3 is 11.1 Å². The van der Waals surface area contributed by atoms with Crippen molar-refractivity contribution >= 4 is 11.6 Å². The van der Waals surface area contributed by atoms with Gasteiger partial charge in [-0.3, -0.25) is 0 Å². The molecule has 3 N–H and O–H groups in total. The second kappa shape index (κ2) is 4.99. The Balaban J connectivity index is 1.72. The Morgan fingerprint density at radius 3 is 2.68 bits per heavy atom. The van der Waals surface area contributed by atoms with Crippen LogP contribution in [-0.2, 0) is 0 Å². The van der Waals surface area contributed by atoms with Crippen molar-refractivity contribution in [2.45, 2.75) is 57.9 Å². The first kappa shape index (κ1) is 12.7. The molecule has 104 valence electrons. The lowest BCUT2D eigenvalue weighted by Gasteiger charge is -2.21. The number of nitrogens with zero attached hydrogens (tertiary/aromatic N) is 2. The lowest BCUT2D eigenvalue weighted by molar-refractivity contribution is 0.391. The second-order valence-corrected chi connectivity index (χ2v) is 6.17. The van der Waals surface area contributed by atoms with Gasteiger partial charge in [-0.25, -0.2) is 9.97 Å². The Bertz CT molecular complexity index is 455. The topological polar surface area (TPSA) is 63.8 Å². The molecular weight excluding hydrogens is 236 g/mol. The van der Waals surface area contributed by atoms with Crippen LogP contribution in [0, 0.1) is 11.8 Å². The lowest BCUT2D eigenvalue weighted by atomic mass is 9.93. The van der Waals surface area contributed by atoms with Crippen LogP contribution < -0.4 is 11.1 Å². The van der Waals surface area contributed by atoms with Crippen molar-refractivity contribution in [2.24, 2.45) is 11.8 Å². The third-order valence-corrected chi connectivity index (χ3v) is 4.79. The lowest BCUT2D eigenvalue weighted by Crippen LogP contribution is -2.25. The average molecular weight is 260 g/mol. The van der Waals surface area contributed by atoms with E-state index in [4.69, 9.17) is 5.73 Å². The molecular formula is C15H24N4. The number of nitrogen functional groups attached to an aromatic ring is 1. The van der Waals surface area contributed by atoms with Crippen LogP contribution in [0.25, 0.3) is 0 Å². The van der Waals surface area contributed by atoms with Crippen molar-refractivity contribution in [3.63, 3.8) is 0 Å². The summed E-state index contributed by atoms with van der Waals surface area (Å²) in [4.78, 5) is 8.99. The zero-order valence-corrected chi connectivity index (χ0v) is 11.9. The summed E-state index contributed by atoms with van der Waals surface area (Å²) in [6.45, 7) is 4.64. The molecule has 0 amide bonds. The molecule has 4 nitrogen and oxygen atoms in total. The molecule has 1 aromatic rings. The van der Waals surface area contributed by atoms with E-state index in [0.717, 1.165) is 17.6 Å².